The van der Waals surface area contributed by atoms with E-state index in [0.717, 1.165) is 28.3 Å². The number of halogens is 1. The monoisotopic (exact) mass is 301 g/mol. The van der Waals surface area contributed by atoms with Gasteiger partial charge in [-0.15, -0.1) is 0 Å². The van der Waals surface area contributed by atoms with Crippen LogP contribution in [0, 0.1) is 0 Å². The molecule has 4 nitrogen and oxygen atoms in total. The van der Waals surface area contributed by atoms with Gasteiger partial charge in [0.05, 0.1) is 23.5 Å². The summed E-state index contributed by atoms with van der Waals surface area (Å²) in [6.07, 6.45) is 2.67. The first-order valence-corrected chi connectivity index (χ1v) is 7.12. The highest BCUT2D eigenvalue weighted by Crippen LogP contribution is 2.29. The van der Waals surface area contributed by atoms with Crippen molar-refractivity contribution in [1.29, 1.82) is 0 Å². The number of rotatable bonds is 4. The Labute approximate surface area is 128 Å². The average molecular weight is 302 g/mol. The van der Waals surface area contributed by atoms with Crippen molar-refractivity contribution in [3.8, 4) is 17.0 Å². The summed E-state index contributed by atoms with van der Waals surface area (Å²) in [6.45, 7) is 0.546. The molecule has 0 aliphatic rings. The molecular formula is C16H16ClN3O. The molecule has 0 unspecified atom stereocenters. The second kappa shape index (κ2) is 5.76. The van der Waals surface area contributed by atoms with E-state index in [4.69, 9.17) is 22.1 Å². The minimum atomic E-state index is 0.546. The third-order valence-electron chi connectivity index (χ3n) is 3.42. The summed E-state index contributed by atoms with van der Waals surface area (Å²) >= 11 is 6.24. The van der Waals surface area contributed by atoms with Gasteiger partial charge in [0, 0.05) is 18.2 Å². The number of ether oxygens (including phenoxy) is 1. The highest BCUT2D eigenvalue weighted by atomic mass is 35.5. The lowest BCUT2D eigenvalue weighted by Crippen LogP contribution is -2.04. The van der Waals surface area contributed by atoms with Gasteiger partial charge in [-0.05, 0) is 42.9 Å². The SMILES string of the molecule is COc1ccc(-c2c(CCN)nc3c(Cl)cccn23)cc1. The van der Waals surface area contributed by atoms with Gasteiger partial charge >= 0.3 is 0 Å². The molecule has 2 aromatic heterocycles. The van der Waals surface area contributed by atoms with E-state index in [2.05, 4.69) is 4.98 Å². The number of nitrogens with zero attached hydrogens (tertiary/aromatic N) is 2. The summed E-state index contributed by atoms with van der Waals surface area (Å²) < 4.78 is 7.22. The maximum Gasteiger partial charge on any atom is 0.156 e. The van der Waals surface area contributed by atoms with Gasteiger partial charge in [-0.1, -0.05) is 11.6 Å². The van der Waals surface area contributed by atoms with Crippen molar-refractivity contribution in [2.45, 2.75) is 6.42 Å². The Morgan fingerprint density at radius 2 is 2.00 bits per heavy atom. The van der Waals surface area contributed by atoms with E-state index in [9.17, 15) is 0 Å². The van der Waals surface area contributed by atoms with Crippen LogP contribution in [0.4, 0.5) is 0 Å². The van der Waals surface area contributed by atoms with Crippen LogP contribution < -0.4 is 10.5 Å². The molecule has 2 heterocycles. The van der Waals surface area contributed by atoms with E-state index in [1.807, 2.05) is 47.0 Å². The van der Waals surface area contributed by atoms with Crippen LogP contribution in [0.1, 0.15) is 5.69 Å². The quantitative estimate of drug-likeness (QED) is 0.805. The van der Waals surface area contributed by atoms with E-state index in [1.54, 1.807) is 7.11 Å². The molecule has 0 saturated heterocycles. The summed E-state index contributed by atoms with van der Waals surface area (Å²) in [4.78, 5) is 4.64. The normalized spacial score (nSPS) is 11.0. The smallest absolute Gasteiger partial charge is 0.156 e. The lowest BCUT2D eigenvalue weighted by molar-refractivity contribution is 0.415. The van der Waals surface area contributed by atoms with Crippen molar-refractivity contribution in [3.63, 3.8) is 0 Å². The van der Waals surface area contributed by atoms with Gasteiger partial charge in [-0.2, -0.15) is 0 Å². The Balaban J connectivity index is 2.22. The van der Waals surface area contributed by atoms with E-state index in [0.29, 0.717) is 18.0 Å². The van der Waals surface area contributed by atoms with Crippen LogP contribution in [0.25, 0.3) is 16.9 Å². The van der Waals surface area contributed by atoms with Crippen molar-refractivity contribution in [3.05, 3.63) is 53.3 Å². The first-order chi connectivity index (χ1) is 10.2. The lowest BCUT2D eigenvalue weighted by Gasteiger charge is -2.06. The second-order valence-corrected chi connectivity index (χ2v) is 5.13. The molecule has 21 heavy (non-hydrogen) atoms. The van der Waals surface area contributed by atoms with Crippen LogP contribution in [0.15, 0.2) is 42.6 Å². The Morgan fingerprint density at radius 1 is 1.24 bits per heavy atom. The van der Waals surface area contributed by atoms with Crippen LogP contribution in [0.3, 0.4) is 0 Å². The van der Waals surface area contributed by atoms with Crippen molar-refractivity contribution in [1.82, 2.24) is 9.38 Å². The number of methoxy groups -OCH3 is 1. The van der Waals surface area contributed by atoms with E-state index in [1.165, 1.54) is 0 Å². The highest BCUT2D eigenvalue weighted by Gasteiger charge is 2.15. The predicted molar refractivity (Wildman–Crippen MR) is 84.9 cm³/mol. The largest absolute Gasteiger partial charge is 0.497 e. The molecule has 2 N–H and O–H groups in total. The van der Waals surface area contributed by atoms with Crippen molar-refractivity contribution < 1.29 is 4.74 Å². The first kappa shape index (κ1) is 13.9. The lowest BCUT2D eigenvalue weighted by atomic mass is 10.1. The van der Waals surface area contributed by atoms with Gasteiger partial charge < -0.3 is 10.5 Å². The molecule has 1 aromatic carbocycles. The average Bonchev–Trinajstić information content (AvgIpc) is 2.87. The summed E-state index contributed by atoms with van der Waals surface area (Å²) in [6, 6.07) is 11.7. The number of aromatic nitrogens is 2. The van der Waals surface area contributed by atoms with Crippen LogP contribution in [0.5, 0.6) is 5.75 Å². The van der Waals surface area contributed by atoms with Crippen LogP contribution in [-0.4, -0.2) is 23.0 Å². The molecule has 0 aliphatic carbocycles. The standard InChI is InChI=1S/C16H16ClN3O/c1-21-12-6-4-11(5-7-12)15-14(8-9-18)19-16-13(17)3-2-10-20(15)16/h2-7,10H,8-9,18H2,1H3. The van der Waals surface area contributed by atoms with Gasteiger partial charge in [0.25, 0.3) is 0 Å². The number of benzene rings is 1. The zero-order valence-electron chi connectivity index (χ0n) is 11.7. The Hall–Kier alpha value is -2.04. The summed E-state index contributed by atoms with van der Waals surface area (Å²) in [5.74, 6) is 0.825. The van der Waals surface area contributed by atoms with E-state index in [-0.39, 0.29) is 0 Å². The molecule has 0 aliphatic heterocycles. The van der Waals surface area contributed by atoms with Crippen molar-refractivity contribution in [2.75, 3.05) is 13.7 Å². The van der Waals surface area contributed by atoms with Gasteiger partial charge in [-0.3, -0.25) is 4.40 Å². The topological polar surface area (TPSA) is 52.5 Å². The summed E-state index contributed by atoms with van der Waals surface area (Å²) in [5, 5.41) is 0.635. The molecule has 5 heteroatoms. The molecule has 0 atom stereocenters. The number of fused-ring (bicyclic) bond motifs is 1. The molecule has 0 radical (unpaired) electrons. The number of hydrogen-bond acceptors (Lipinski definition) is 3. The predicted octanol–water partition coefficient (Wildman–Crippen LogP) is 3.16. The number of pyridine rings is 1. The molecule has 0 amide bonds. The molecule has 0 saturated carbocycles. The summed E-state index contributed by atoms with van der Waals surface area (Å²) in [7, 11) is 1.66. The van der Waals surface area contributed by atoms with Crippen molar-refractivity contribution >= 4 is 17.2 Å². The van der Waals surface area contributed by atoms with Crippen molar-refractivity contribution in [2.24, 2.45) is 5.73 Å². The molecule has 0 spiro atoms. The van der Waals surface area contributed by atoms with Gasteiger partial charge in [0.1, 0.15) is 5.75 Å². The molecule has 3 rings (SSSR count). The Bertz CT molecular complexity index is 765. The van der Waals surface area contributed by atoms with E-state index >= 15 is 0 Å². The van der Waals surface area contributed by atoms with Crippen LogP contribution in [0.2, 0.25) is 5.02 Å². The second-order valence-electron chi connectivity index (χ2n) is 4.72. The van der Waals surface area contributed by atoms with Crippen LogP contribution >= 0.6 is 11.6 Å². The maximum absolute atomic E-state index is 6.24. The fourth-order valence-electron chi connectivity index (χ4n) is 2.45. The number of nitrogens with two attached hydrogens (primary N) is 1. The Morgan fingerprint density at radius 3 is 2.67 bits per heavy atom. The van der Waals surface area contributed by atoms with Crippen LogP contribution in [-0.2, 0) is 6.42 Å². The number of hydrogen-bond donors (Lipinski definition) is 1. The van der Waals surface area contributed by atoms with Gasteiger partial charge in [0.15, 0.2) is 5.65 Å². The molecule has 3 aromatic rings. The Kier molecular flexibility index (Phi) is 3.82. The fraction of sp³-hybridized carbons (Fsp3) is 0.188. The number of imidazole rings is 1. The van der Waals surface area contributed by atoms with Gasteiger partial charge in [0.2, 0.25) is 0 Å². The third kappa shape index (κ3) is 2.48. The molecule has 0 bridgehead atoms. The highest BCUT2D eigenvalue weighted by molar-refractivity contribution is 6.33. The molecule has 0 fully saturated rings. The molecular weight excluding hydrogens is 286 g/mol. The minimum absolute atomic E-state index is 0.546. The third-order valence-corrected chi connectivity index (χ3v) is 3.71. The maximum atomic E-state index is 6.24. The zero-order chi connectivity index (χ0) is 14.8. The van der Waals surface area contributed by atoms with Gasteiger partial charge in [-0.25, -0.2) is 4.98 Å². The first-order valence-electron chi connectivity index (χ1n) is 6.74. The summed E-state index contributed by atoms with van der Waals surface area (Å²) in [5.41, 5.74) is 9.52. The zero-order valence-corrected chi connectivity index (χ0v) is 12.5. The molecule has 108 valence electrons. The van der Waals surface area contributed by atoms with E-state index < -0.39 is 0 Å². The fourth-order valence-corrected chi connectivity index (χ4v) is 2.65. The minimum Gasteiger partial charge on any atom is -0.497 e.